The summed E-state index contributed by atoms with van der Waals surface area (Å²) < 4.78 is 1.88. The quantitative estimate of drug-likeness (QED) is 0.314. The van der Waals surface area contributed by atoms with Crippen molar-refractivity contribution in [3.05, 3.63) is 98.1 Å². The third-order valence-electron chi connectivity index (χ3n) is 6.05. The first-order chi connectivity index (χ1) is 15.9. The van der Waals surface area contributed by atoms with Crippen molar-refractivity contribution in [1.82, 2.24) is 9.55 Å². The Morgan fingerprint density at radius 2 is 1.97 bits per heavy atom. The van der Waals surface area contributed by atoms with Crippen LogP contribution in [0.3, 0.4) is 0 Å². The Morgan fingerprint density at radius 3 is 2.73 bits per heavy atom. The number of benzene rings is 3. The summed E-state index contributed by atoms with van der Waals surface area (Å²) in [5.74, 6) is -0.275. The first kappa shape index (κ1) is 21.0. The highest BCUT2D eigenvalue weighted by Crippen LogP contribution is 2.41. The lowest BCUT2D eigenvalue weighted by Gasteiger charge is -2.19. The minimum Gasteiger partial charge on any atom is -0.366 e. The second-order valence-electron chi connectivity index (χ2n) is 7.99. The molecule has 1 aromatic heterocycles. The van der Waals surface area contributed by atoms with E-state index in [1.165, 1.54) is 17.7 Å². The molecule has 8 nitrogen and oxygen atoms in total. The molecule has 1 aliphatic carbocycles. The van der Waals surface area contributed by atoms with Crippen LogP contribution in [0.2, 0.25) is 5.02 Å². The van der Waals surface area contributed by atoms with Crippen molar-refractivity contribution >= 4 is 40.2 Å². The monoisotopic (exact) mass is 461 g/mol. The maximum Gasteiger partial charge on any atom is 0.296 e. The van der Waals surface area contributed by atoms with Crippen molar-refractivity contribution in [2.45, 2.75) is 25.4 Å². The molecule has 166 valence electrons. The van der Waals surface area contributed by atoms with Crippen LogP contribution in [0.4, 0.5) is 11.6 Å². The summed E-state index contributed by atoms with van der Waals surface area (Å²) in [6, 6.07) is 18.1. The van der Waals surface area contributed by atoms with Gasteiger partial charge in [-0.2, -0.15) is 0 Å². The van der Waals surface area contributed by atoms with E-state index in [0.29, 0.717) is 28.5 Å². The van der Waals surface area contributed by atoms with Gasteiger partial charge in [0.15, 0.2) is 0 Å². The van der Waals surface area contributed by atoms with Crippen LogP contribution in [-0.2, 0) is 13.0 Å². The van der Waals surface area contributed by atoms with Crippen LogP contribution >= 0.6 is 11.6 Å². The number of non-ortho nitro benzene ring substituents is 1. The number of carbonyl (C=O) groups is 1. The van der Waals surface area contributed by atoms with Gasteiger partial charge in [0.1, 0.15) is 5.52 Å². The van der Waals surface area contributed by atoms with Crippen molar-refractivity contribution < 1.29 is 9.72 Å². The predicted molar refractivity (Wildman–Crippen MR) is 127 cm³/mol. The van der Waals surface area contributed by atoms with Crippen molar-refractivity contribution in [3.8, 4) is 0 Å². The number of nitrogens with two attached hydrogens (primary N) is 1. The normalized spacial score (nSPS) is 14.9. The average Bonchev–Trinajstić information content (AvgIpc) is 3.38. The minimum atomic E-state index is -0.744. The topological polar surface area (TPSA) is 116 Å². The Morgan fingerprint density at radius 1 is 1.21 bits per heavy atom. The van der Waals surface area contributed by atoms with Gasteiger partial charge in [0, 0.05) is 23.2 Å². The standard InChI is InChI=1S/C24H20ClN5O3/c25-18-8-4-2-6-15(18)13-27-24-28-19-11-16(23(26)31)12-21(30(32)33)22(19)29(24)20-10-9-14-5-1-3-7-17(14)20/h1-8,11-12,20H,9-10,13H2,(H2,26,31)(H,27,28)/t20-/m0/s1. The van der Waals surface area contributed by atoms with Crippen LogP contribution in [0.5, 0.6) is 0 Å². The number of nitrogens with zero attached hydrogens (tertiary/aromatic N) is 3. The molecule has 1 amide bonds. The molecule has 0 fully saturated rings. The zero-order valence-electron chi connectivity index (χ0n) is 17.5. The summed E-state index contributed by atoms with van der Waals surface area (Å²) in [5, 5.41) is 15.9. The number of hydrogen-bond acceptors (Lipinski definition) is 5. The van der Waals surface area contributed by atoms with Gasteiger partial charge in [-0.15, -0.1) is 0 Å². The summed E-state index contributed by atoms with van der Waals surface area (Å²) >= 11 is 6.32. The van der Waals surface area contributed by atoms with Gasteiger partial charge in [0.25, 0.3) is 5.69 Å². The number of hydrogen-bond donors (Lipinski definition) is 2. The predicted octanol–water partition coefficient (Wildman–Crippen LogP) is 4.84. The fourth-order valence-corrected chi connectivity index (χ4v) is 4.74. The van der Waals surface area contributed by atoms with Crippen LogP contribution in [0.1, 0.15) is 39.5 Å². The molecule has 0 bridgehead atoms. The first-order valence-corrected chi connectivity index (χ1v) is 10.9. The molecule has 9 heteroatoms. The molecule has 4 aromatic rings. The number of aromatic nitrogens is 2. The van der Waals surface area contributed by atoms with Gasteiger partial charge in [-0.3, -0.25) is 19.5 Å². The third-order valence-corrected chi connectivity index (χ3v) is 6.42. The molecular weight excluding hydrogens is 442 g/mol. The fraction of sp³-hybridized carbons (Fsp3) is 0.167. The maximum absolute atomic E-state index is 12.0. The minimum absolute atomic E-state index is 0.0447. The number of nitro benzene ring substituents is 1. The first-order valence-electron chi connectivity index (χ1n) is 10.5. The Hall–Kier alpha value is -3.91. The van der Waals surface area contributed by atoms with Gasteiger partial charge in [-0.25, -0.2) is 4.98 Å². The summed E-state index contributed by atoms with van der Waals surface area (Å²) in [7, 11) is 0. The second-order valence-corrected chi connectivity index (χ2v) is 8.40. The van der Waals surface area contributed by atoms with Gasteiger partial charge in [-0.1, -0.05) is 54.1 Å². The zero-order valence-corrected chi connectivity index (χ0v) is 18.2. The highest BCUT2D eigenvalue weighted by atomic mass is 35.5. The molecular formula is C24H20ClN5O3. The number of nitrogens with one attached hydrogen (secondary N) is 1. The summed E-state index contributed by atoms with van der Waals surface area (Å²) in [5.41, 5.74) is 9.14. The van der Waals surface area contributed by atoms with E-state index in [1.54, 1.807) is 6.07 Å². The van der Waals surface area contributed by atoms with Crippen molar-refractivity contribution in [3.63, 3.8) is 0 Å². The number of rotatable bonds is 6. The number of carbonyl (C=O) groups excluding carboxylic acids is 1. The van der Waals surface area contributed by atoms with E-state index in [9.17, 15) is 14.9 Å². The Balaban J connectivity index is 1.71. The number of halogens is 1. The average molecular weight is 462 g/mol. The van der Waals surface area contributed by atoms with E-state index in [0.717, 1.165) is 24.0 Å². The number of imidazole rings is 1. The van der Waals surface area contributed by atoms with Crippen LogP contribution < -0.4 is 11.1 Å². The van der Waals surface area contributed by atoms with E-state index in [-0.39, 0.29) is 17.3 Å². The Labute approximate surface area is 194 Å². The lowest BCUT2D eigenvalue weighted by Crippen LogP contribution is -2.14. The molecule has 1 heterocycles. The molecule has 0 saturated carbocycles. The number of fused-ring (bicyclic) bond motifs is 2. The van der Waals surface area contributed by atoms with Crippen molar-refractivity contribution in [1.29, 1.82) is 0 Å². The van der Waals surface area contributed by atoms with Gasteiger partial charge < -0.3 is 11.1 Å². The number of aryl methyl sites for hydroxylation is 1. The van der Waals surface area contributed by atoms with Crippen LogP contribution in [0.15, 0.2) is 60.7 Å². The molecule has 5 rings (SSSR count). The van der Waals surface area contributed by atoms with Crippen molar-refractivity contribution in [2.24, 2.45) is 5.73 Å². The maximum atomic E-state index is 12.0. The van der Waals surface area contributed by atoms with E-state index in [2.05, 4.69) is 16.4 Å². The molecule has 0 saturated heterocycles. The third kappa shape index (κ3) is 3.68. The zero-order chi connectivity index (χ0) is 23.1. The van der Waals surface area contributed by atoms with Gasteiger partial charge in [-0.05, 0) is 41.7 Å². The van der Waals surface area contributed by atoms with E-state index in [1.807, 2.05) is 41.0 Å². The fourth-order valence-electron chi connectivity index (χ4n) is 4.54. The largest absolute Gasteiger partial charge is 0.366 e. The van der Waals surface area contributed by atoms with Crippen LogP contribution in [-0.4, -0.2) is 20.4 Å². The van der Waals surface area contributed by atoms with Gasteiger partial charge in [0.2, 0.25) is 11.9 Å². The molecule has 3 aromatic carbocycles. The Kier molecular flexibility index (Phi) is 5.22. The lowest BCUT2D eigenvalue weighted by atomic mass is 10.1. The smallest absolute Gasteiger partial charge is 0.296 e. The molecule has 1 aliphatic rings. The summed E-state index contributed by atoms with van der Waals surface area (Å²) in [4.78, 5) is 28.0. The van der Waals surface area contributed by atoms with Crippen molar-refractivity contribution in [2.75, 3.05) is 5.32 Å². The second kappa shape index (κ2) is 8.22. The van der Waals surface area contributed by atoms with E-state index < -0.39 is 10.8 Å². The van der Waals surface area contributed by atoms with Gasteiger partial charge >= 0.3 is 0 Å². The number of amides is 1. The molecule has 3 N–H and O–H groups in total. The lowest BCUT2D eigenvalue weighted by molar-refractivity contribution is -0.383. The molecule has 0 unspecified atom stereocenters. The molecule has 0 aliphatic heterocycles. The molecule has 0 spiro atoms. The summed E-state index contributed by atoms with van der Waals surface area (Å²) in [6.07, 6.45) is 1.64. The summed E-state index contributed by atoms with van der Waals surface area (Å²) in [6.45, 7) is 0.383. The SMILES string of the molecule is NC(=O)c1cc([N+](=O)[O-])c2c(c1)nc(NCc1ccccc1Cl)n2[C@H]1CCc2ccccc21. The molecule has 33 heavy (non-hydrogen) atoms. The van der Waals surface area contributed by atoms with Crippen LogP contribution in [0, 0.1) is 10.1 Å². The highest BCUT2D eigenvalue weighted by Gasteiger charge is 2.31. The highest BCUT2D eigenvalue weighted by molar-refractivity contribution is 6.31. The molecule has 0 radical (unpaired) electrons. The number of anilines is 1. The van der Waals surface area contributed by atoms with Crippen LogP contribution in [0.25, 0.3) is 11.0 Å². The Bertz CT molecular complexity index is 1410. The van der Waals surface area contributed by atoms with E-state index >= 15 is 0 Å². The number of nitro groups is 1. The van der Waals surface area contributed by atoms with E-state index in [4.69, 9.17) is 17.3 Å². The van der Waals surface area contributed by atoms with Gasteiger partial charge in [0.05, 0.1) is 16.5 Å². The number of primary amides is 1. The molecule has 1 atom stereocenters.